The van der Waals surface area contributed by atoms with Gasteiger partial charge in [-0.1, -0.05) is 70.7 Å². The van der Waals surface area contributed by atoms with Gasteiger partial charge in [0.05, 0.1) is 0 Å². The zero-order chi connectivity index (χ0) is 19.5. The fourth-order valence-corrected chi connectivity index (χ4v) is 6.86. The van der Waals surface area contributed by atoms with E-state index in [9.17, 15) is 0 Å². The molecule has 30 heavy (non-hydrogen) atoms. The molecule has 0 aromatic heterocycles. The molecule has 3 saturated carbocycles. The monoisotopic (exact) mass is 557 g/mol. The van der Waals surface area contributed by atoms with Crippen molar-refractivity contribution >= 4 is 0 Å². The van der Waals surface area contributed by atoms with Gasteiger partial charge in [-0.3, -0.25) is 0 Å². The van der Waals surface area contributed by atoms with E-state index in [-0.39, 0.29) is 65.4 Å². The van der Waals surface area contributed by atoms with Crippen molar-refractivity contribution in [2.24, 2.45) is 35.5 Å². The quantitative estimate of drug-likeness (QED) is 0.328. The first kappa shape index (κ1) is 27.7. The van der Waals surface area contributed by atoms with Crippen LogP contribution in [0.1, 0.15) is 102 Å². The molecule has 162 valence electrons. The normalized spacial score (nSPS) is 37.0. The minimum absolute atomic E-state index is 0. The van der Waals surface area contributed by atoms with Crippen LogP contribution in [0.15, 0.2) is 24.3 Å². The van der Waals surface area contributed by atoms with E-state index in [0.717, 1.165) is 41.4 Å². The molecule has 1 aromatic carbocycles. The van der Waals surface area contributed by atoms with Gasteiger partial charge in [0.2, 0.25) is 0 Å². The Bertz CT molecular complexity index is 584. The first-order valence-electron chi connectivity index (χ1n) is 12.5. The molecule has 0 nitrogen and oxygen atoms in total. The predicted octanol–water partition coefficient (Wildman–Crippen LogP) is 8.21. The Morgan fingerprint density at radius 3 is 1.73 bits per heavy atom. The summed E-state index contributed by atoms with van der Waals surface area (Å²) in [5.74, 6) is 6.37. The second-order valence-corrected chi connectivity index (χ2v) is 11.1. The Balaban J connectivity index is 0.00000160. The molecule has 3 aliphatic rings. The van der Waals surface area contributed by atoms with E-state index in [0.29, 0.717) is 0 Å². The molecular formula is C28H43Y2-. The van der Waals surface area contributed by atoms with Crippen molar-refractivity contribution in [1.82, 2.24) is 0 Å². The van der Waals surface area contributed by atoms with Gasteiger partial charge >= 0.3 is 0 Å². The summed E-state index contributed by atoms with van der Waals surface area (Å²) in [4.78, 5) is 0. The Morgan fingerprint density at radius 1 is 0.700 bits per heavy atom. The van der Waals surface area contributed by atoms with E-state index in [1.807, 2.05) is 0 Å². The molecule has 4 rings (SSSR count). The summed E-state index contributed by atoms with van der Waals surface area (Å²) in [6.07, 6.45) is 18.6. The molecule has 0 heterocycles. The summed E-state index contributed by atoms with van der Waals surface area (Å²) < 4.78 is 0. The minimum atomic E-state index is 0. The smallest absolute Gasteiger partial charge is 0 e. The van der Waals surface area contributed by atoms with Gasteiger partial charge in [0, 0.05) is 65.4 Å². The number of benzene rings is 1. The van der Waals surface area contributed by atoms with E-state index in [2.05, 4.69) is 51.5 Å². The molecule has 0 bridgehead atoms. The minimum Gasteiger partial charge on any atom is -0.323 e. The SMILES string of the molecule is CC1[CH-]C(C)CC(c2ccc(CC3CCC(C4CCC(C)CC4)CC3)cc2)C1.[Y].[Y]. The van der Waals surface area contributed by atoms with Crippen molar-refractivity contribution in [2.45, 2.75) is 97.3 Å². The van der Waals surface area contributed by atoms with E-state index in [4.69, 9.17) is 0 Å². The summed E-state index contributed by atoms with van der Waals surface area (Å²) >= 11 is 0. The Kier molecular flexibility index (Phi) is 12.3. The van der Waals surface area contributed by atoms with Gasteiger partial charge in [-0.2, -0.15) is 11.8 Å². The average molecular weight is 557 g/mol. The molecular weight excluding hydrogens is 514 g/mol. The van der Waals surface area contributed by atoms with Crippen LogP contribution in [0.25, 0.3) is 0 Å². The van der Waals surface area contributed by atoms with Gasteiger partial charge < -0.3 is 6.42 Å². The maximum absolute atomic E-state index is 2.55. The summed E-state index contributed by atoms with van der Waals surface area (Å²) in [6.45, 7) is 7.23. The van der Waals surface area contributed by atoms with Gasteiger partial charge in [0.15, 0.2) is 0 Å². The van der Waals surface area contributed by atoms with Gasteiger partial charge in [-0.25, -0.2) is 0 Å². The Hall–Kier alpha value is 1.43. The second-order valence-electron chi connectivity index (χ2n) is 11.1. The van der Waals surface area contributed by atoms with Crippen molar-refractivity contribution in [1.29, 1.82) is 0 Å². The molecule has 3 aliphatic carbocycles. The zero-order valence-electron chi connectivity index (χ0n) is 19.9. The fourth-order valence-electron chi connectivity index (χ4n) is 6.86. The van der Waals surface area contributed by atoms with E-state index >= 15 is 0 Å². The van der Waals surface area contributed by atoms with Crippen LogP contribution in [-0.2, 0) is 71.8 Å². The van der Waals surface area contributed by atoms with E-state index < -0.39 is 0 Å². The summed E-state index contributed by atoms with van der Waals surface area (Å²) in [6, 6.07) is 9.83. The Labute approximate surface area is 237 Å². The molecule has 0 amide bonds. The maximum atomic E-state index is 2.55. The number of hydrogen-bond acceptors (Lipinski definition) is 0. The third kappa shape index (κ3) is 7.74. The van der Waals surface area contributed by atoms with Gasteiger partial charge in [0.25, 0.3) is 0 Å². The van der Waals surface area contributed by atoms with Crippen LogP contribution in [-0.4, -0.2) is 0 Å². The van der Waals surface area contributed by atoms with Crippen molar-refractivity contribution in [2.75, 3.05) is 0 Å². The molecule has 2 unspecified atom stereocenters. The van der Waals surface area contributed by atoms with Crippen LogP contribution in [0, 0.1) is 41.9 Å². The van der Waals surface area contributed by atoms with Gasteiger partial charge in [-0.15, -0.1) is 0 Å². The molecule has 2 radical (unpaired) electrons. The van der Waals surface area contributed by atoms with Crippen molar-refractivity contribution < 1.29 is 65.4 Å². The third-order valence-corrected chi connectivity index (χ3v) is 8.56. The third-order valence-electron chi connectivity index (χ3n) is 8.56. The van der Waals surface area contributed by atoms with Crippen LogP contribution in [0.2, 0.25) is 0 Å². The molecule has 0 N–H and O–H groups in total. The predicted molar refractivity (Wildman–Crippen MR) is 121 cm³/mol. The average Bonchev–Trinajstić information content (AvgIpc) is 2.69. The van der Waals surface area contributed by atoms with Crippen LogP contribution >= 0.6 is 0 Å². The van der Waals surface area contributed by atoms with E-state index in [1.54, 1.807) is 11.1 Å². The molecule has 0 spiro atoms. The zero-order valence-corrected chi connectivity index (χ0v) is 25.5. The summed E-state index contributed by atoms with van der Waals surface area (Å²) in [5, 5.41) is 0. The topological polar surface area (TPSA) is 0 Å². The van der Waals surface area contributed by atoms with Crippen molar-refractivity contribution in [3.8, 4) is 0 Å². The summed E-state index contributed by atoms with van der Waals surface area (Å²) in [5.41, 5.74) is 3.17. The van der Waals surface area contributed by atoms with Crippen molar-refractivity contribution in [3.63, 3.8) is 0 Å². The largest absolute Gasteiger partial charge is 0.323 e. The number of hydrogen-bond donors (Lipinski definition) is 0. The van der Waals surface area contributed by atoms with E-state index in [1.165, 1.54) is 70.6 Å². The summed E-state index contributed by atoms with van der Waals surface area (Å²) in [7, 11) is 0. The Morgan fingerprint density at radius 2 is 1.20 bits per heavy atom. The molecule has 1 aromatic rings. The van der Waals surface area contributed by atoms with Crippen LogP contribution in [0.4, 0.5) is 0 Å². The molecule has 2 heteroatoms. The van der Waals surface area contributed by atoms with Gasteiger partial charge in [0.1, 0.15) is 0 Å². The van der Waals surface area contributed by atoms with Crippen LogP contribution < -0.4 is 0 Å². The molecule has 0 saturated heterocycles. The fraction of sp³-hybridized carbons (Fsp3) is 0.750. The standard InChI is InChI=1S/C28H43.2Y/c1-20-4-10-25(11-5-20)26-12-6-23(7-13-26)19-24-8-14-27(15-9-24)28-17-21(2)16-22(3)18-28;;/h8-9,14-16,20-23,25-26,28H,4-7,10-13,17-19H2,1-3H3;;/q-1;;. The maximum Gasteiger partial charge on any atom is 0 e. The molecule has 2 atom stereocenters. The first-order valence-corrected chi connectivity index (χ1v) is 12.5. The number of rotatable bonds is 4. The second kappa shape index (κ2) is 13.3. The van der Waals surface area contributed by atoms with Crippen LogP contribution in [0.5, 0.6) is 0 Å². The van der Waals surface area contributed by atoms with Crippen LogP contribution in [0.3, 0.4) is 0 Å². The first-order chi connectivity index (χ1) is 13.6. The molecule has 0 aliphatic heterocycles. The molecule has 3 fully saturated rings. The van der Waals surface area contributed by atoms with Crippen molar-refractivity contribution in [3.05, 3.63) is 41.8 Å². The van der Waals surface area contributed by atoms with Gasteiger partial charge in [-0.05, 0) is 85.7 Å².